The number of nitrogens with one attached hydrogen (secondary N) is 1. The number of carboxylic acids is 1. The van der Waals surface area contributed by atoms with Crippen LogP contribution in [-0.4, -0.2) is 54.4 Å². The van der Waals surface area contributed by atoms with Crippen LogP contribution in [0, 0.1) is 5.92 Å². The van der Waals surface area contributed by atoms with Gasteiger partial charge in [0, 0.05) is 26.8 Å². The lowest BCUT2D eigenvalue weighted by atomic mass is 9.99. The fourth-order valence-electron chi connectivity index (χ4n) is 2.02. The predicted octanol–water partition coefficient (Wildman–Crippen LogP) is 1.31. The highest BCUT2D eigenvalue weighted by molar-refractivity contribution is 5.85. The lowest BCUT2D eigenvalue weighted by Crippen LogP contribution is -2.55. The van der Waals surface area contributed by atoms with Crippen LogP contribution in [0.3, 0.4) is 0 Å². The molecular weight excluding hydrogens is 248 g/mol. The molecule has 0 radical (unpaired) electrons. The number of urea groups is 1. The van der Waals surface area contributed by atoms with Crippen LogP contribution in [0.1, 0.15) is 33.1 Å². The SMILES string of the molecule is CCC(C)(NC(=O)N(C)CC1CCOCC1)C(=O)O. The Balaban J connectivity index is 2.49. The molecule has 0 aromatic carbocycles. The van der Waals surface area contributed by atoms with E-state index in [2.05, 4.69) is 5.32 Å². The Hall–Kier alpha value is -1.30. The first-order valence-electron chi connectivity index (χ1n) is 6.73. The van der Waals surface area contributed by atoms with E-state index in [0.29, 0.717) is 18.9 Å². The van der Waals surface area contributed by atoms with Crippen molar-refractivity contribution in [3.05, 3.63) is 0 Å². The molecule has 2 amide bonds. The molecule has 19 heavy (non-hydrogen) atoms. The second-order valence-corrected chi connectivity index (χ2v) is 5.36. The first-order valence-corrected chi connectivity index (χ1v) is 6.73. The fourth-order valence-corrected chi connectivity index (χ4v) is 2.02. The van der Waals surface area contributed by atoms with Crippen LogP contribution in [0.2, 0.25) is 0 Å². The van der Waals surface area contributed by atoms with Gasteiger partial charge in [0.05, 0.1) is 0 Å². The maximum absolute atomic E-state index is 12.0. The van der Waals surface area contributed by atoms with Gasteiger partial charge in [-0.15, -0.1) is 0 Å². The molecule has 0 aromatic rings. The average molecular weight is 272 g/mol. The molecule has 0 aliphatic carbocycles. The van der Waals surface area contributed by atoms with E-state index in [4.69, 9.17) is 9.84 Å². The van der Waals surface area contributed by atoms with E-state index >= 15 is 0 Å². The number of rotatable bonds is 5. The minimum atomic E-state index is -1.21. The van der Waals surface area contributed by atoms with Crippen LogP contribution in [0.25, 0.3) is 0 Å². The van der Waals surface area contributed by atoms with Crippen molar-refractivity contribution in [3.8, 4) is 0 Å². The molecular formula is C13H24N2O4. The van der Waals surface area contributed by atoms with E-state index in [1.807, 2.05) is 0 Å². The molecule has 1 rings (SSSR count). The monoisotopic (exact) mass is 272 g/mol. The number of hydrogen-bond donors (Lipinski definition) is 2. The van der Waals surface area contributed by atoms with Crippen LogP contribution < -0.4 is 5.32 Å². The van der Waals surface area contributed by atoms with Gasteiger partial charge in [-0.2, -0.15) is 0 Å². The van der Waals surface area contributed by atoms with Crippen LogP contribution in [-0.2, 0) is 9.53 Å². The molecule has 6 heteroatoms. The fraction of sp³-hybridized carbons (Fsp3) is 0.846. The molecule has 0 spiro atoms. The quantitative estimate of drug-likeness (QED) is 0.791. The van der Waals surface area contributed by atoms with Crippen molar-refractivity contribution in [1.29, 1.82) is 0 Å². The number of aliphatic carboxylic acids is 1. The third-order valence-corrected chi connectivity index (χ3v) is 3.78. The topological polar surface area (TPSA) is 78.9 Å². The summed E-state index contributed by atoms with van der Waals surface area (Å²) in [6.45, 7) is 5.38. The van der Waals surface area contributed by atoms with Crippen molar-refractivity contribution >= 4 is 12.0 Å². The number of carbonyl (C=O) groups is 2. The normalized spacial score (nSPS) is 19.5. The lowest BCUT2D eigenvalue weighted by molar-refractivity contribution is -0.143. The van der Waals surface area contributed by atoms with E-state index in [1.165, 1.54) is 6.92 Å². The van der Waals surface area contributed by atoms with Crippen molar-refractivity contribution in [2.45, 2.75) is 38.6 Å². The number of nitrogens with zero attached hydrogens (tertiary/aromatic N) is 1. The third kappa shape index (κ3) is 4.38. The van der Waals surface area contributed by atoms with Crippen molar-refractivity contribution in [1.82, 2.24) is 10.2 Å². The van der Waals surface area contributed by atoms with Crippen LogP contribution in [0.5, 0.6) is 0 Å². The lowest BCUT2D eigenvalue weighted by Gasteiger charge is -2.31. The maximum atomic E-state index is 12.0. The molecule has 2 N–H and O–H groups in total. The van der Waals surface area contributed by atoms with E-state index in [0.717, 1.165) is 26.1 Å². The van der Waals surface area contributed by atoms with Crippen molar-refractivity contribution < 1.29 is 19.4 Å². The minimum absolute atomic E-state index is 0.335. The van der Waals surface area contributed by atoms with Gasteiger partial charge in [-0.1, -0.05) is 6.92 Å². The zero-order chi connectivity index (χ0) is 14.5. The molecule has 1 saturated heterocycles. The van der Waals surface area contributed by atoms with E-state index in [1.54, 1.807) is 18.9 Å². The number of hydrogen-bond acceptors (Lipinski definition) is 3. The Morgan fingerprint density at radius 1 is 1.42 bits per heavy atom. The van der Waals surface area contributed by atoms with Gasteiger partial charge in [0.15, 0.2) is 0 Å². The number of carboxylic acid groups (broad SMARTS) is 1. The second-order valence-electron chi connectivity index (χ2n) is 5.36. The third-order valence-electron chi connectivity index (χ3n) is 3.78. The Labute approximate surface area is 114 Å². The molecule has 110 valence electrons. The summed E-state index contributed by atoms with van der Waals surface area (Å²) < 4.78 is 5.27. The highest BCUT2D eigenvalue weighted by atomic mass is 16.5. The molecule has 1 unspecified atom stereocenters. The first-order chi connectivity index (χ1) is 8.89. The summed E-state index contributed by atoms with van der Waals surface area (Å²) in [4.78, 5) is 24.7. The van der Waals surface area contributed by atoms with Gasteiger partial charge in [0.2, 0.25) is 0 Å². The average Bonchev–Trinajstić information content (AvgIpc) is 2.39. The van der Waals surface area contributed by atoms with Gasteiger partial charge in [0.25, 0.3) is 0 Å². The summed E-state index contributed by atoms with van der Waals surface area (Å²) in [6.07, 6.45) is 2.24. The van der Waals surface area contributed by atoms with Crippen molar-refractivity contribution in [2.75, 3.05) is 26.8 Å². The van der Waals surface area contributed by atoms with Crippen LogP contribution in [0.15, 0.2) is 0 Å². The van der Waals surface area contributed by atoms with Gasteiger partial charge in [-0.25, -0.2) is 9.59 Å². The zero-order valence-corrected chi connectivity index (χ0v) is 11.9. The molecule has 1 aliphatic rings. The summed E-state index contributed by atoms with van der Waals surface area (Å²) in [5.74, 6) is -0.579. The summed E-state index contributed by atoms with van der Waals surface area (Å²) in [5.41, 5.74) is -1.21. The second kappa shape index (κ2) is 6.75. The molecule has 6 nitrogen and oxygen atoms in total. The van der Waals surface area contributed by atoms with Crippen LogP contribution >= 0.6 is 0 Å². The number of ether oxygens (including phenoxy) is 1. The summed E-state index contributed by atoms with van der Waals surface area (Å²) in [5, 5.41) is 11.7. The van der Waals surface area contributed by atoms with E-state index in [9.17, 15) is 9.59 Å². The molecule has 0 bridgehead atoms. The van der Waals surface area contributed by atoms with Crippen molar-refractivity contribution in [2.24, 2.45) is 5.92 Å². The largest absolute Gasteiger partial charge is 0.480 e. The standard InChI is InChI=1S/C13H24N2O4/c1-4-13(2,11(16)17)14-12(18)15(3)9-10-5-7-19-8-6-10/h10H,4-9H2,1-3H3,(H,14,18)(H,16,17). The highest BCUT2D eigenvalue weighted by Crippen LogP contribution is 2.16. The summed E-state index contributed by atoms with van der Waals surface area (Å²) in [7, 11) is 1.70. The summed E-state index contributed by atoms with van der Waals surface area (Å²) >= 11 is 0. The highest BCUT2D eigenvalue weighted by Gasteiger charge is 2.34. The molecule has 1 atom stereocenters. The first kappa shape index (κ1) is 15.8. The zero-order valence-electron chi connectivity index (χ0n) is 11.9. The molecule has 0 aromatic heterocycles. The van der Waals surface area contributed by atoms with E-state index < -0.39 is 11.5 Å². The number of carbonyl (C=O) groups excluding carboxylic acids is 1. The summed E-state index contributed by atoms with van der Waals surface area (Å²) in [6, 6.07) is -0.335. The maximum Gasteiger partial charge on any atom is 0.329 e. The molecule has 1 heterocycles. The Morgan fingerprint density at radius 3 is 2.47 bits per heavy atom. The van der Waals surface area contributed by atoms with Gasteiger partial charge in [-0.05, 0) is 32.1 Å². The Bertz CT molecular complexity index is 329. The van der Waals surface area contributed by atoms with Gasteiger partial charge >= 0.3 is 12.0 Å². The van der Waals surface area contributed by atoms with Crippen molar-refractivity contribution in [3.63, 3.8) is 0 Å². The number of amides is 2. The van der Waals surface area contributed by atoms with Gasteiger partial charge in [0.1, 0.15) is 5.54 Å². The smallest absolute Gasteiger partial charge is 0.329 e. The minimum Gasteiger partial charge on any atom is -0.480 e. The van der Waals surface area contributed by atoms with Gasteiger partial charge < -0.3 is 20.1 Å². The Kier molecular flexibility index (Phi) is 5.60. The molecule has 1 fully saturated rings. The van der Waals surface area contributed by atoms with E-state index in [-0.39, 0.29) is 6.03 Å². The van der Waals surface area contributed by atoms with Crippen LogP contribution in [0.4, 0.5) is 4.79 Å². The van der Waals surface area contributed by atoms with Gasteiger partial charge in [-0.3, -0.25) is 0 Å². The Morgan fingerprint density at radius 2 is 2.00 bits per heavy atom. The molecule has 0 saturated carbocycles. The predicted molar refractivity (Wildman–Crippen MR) is 71.0 cm³/mol. The molecule has 1 aliphatic heterocycles.